The number of carbonyl (C=O) groups excluding carboxylic acids is 1. The number of halogens is 2. The molecule has 0 aromatic carbocycles. The third kappa shape index (κ3) is 2.71. The first-order valence-corrected chi connectivity index (χ1v) is 7.28. The fraction of sp³-hybridized carbons (Fsp3) is 0.538. The molecule has 2 fully saturated rings. The number of likely N-dealkylation sites (tertiary alicyclic amines) is 1. The van der Waals surface area contributed by atoms with Gasteiger partial charge in [0.2, 0.25) is 0 Å². The van der Waals surface area contributed by atoms with Gasteiger partial charge >= 0.3 is 6.03 Å². The Hall–Kier alpha value is -1.04. The van der Waals surface area contributed by atoms with Crippen LogP contribution >= 0.6 is 23.2 Å². The molecule has 108 valence electrons. The Bertz CT molecular complexity index is 532. The molecule has 20 heavy (non-hydrogen) atoms. The van der Waals surface area contributed by atoms with Crippen molar-refractivity contribution in [2.45, 2.75) is 12.8 Å². The van der Waals surface area contributed by atoms with E-state index in [0.29, 0.717) is 15.9 Å². The van der Waals surface area contributed by atoms with Crippen LogP contribution in [-0.4, -0.2) is 42.2 Å². The van der Waals surface area contributed by atoms with E-state index in [4.69, 9.17) is 27.9 Å². The predicted octanol–water partition coefficient (Wildman–Crippen LogP) is 3.03. The highest BCUT2D eigenvalue weighted by Crippen LogP contribution is 2.38. The first kappa shape index (κ1) is 13.9. The summed E-state index contributed by atoms with van der Waals surface area (Å²) >= 11 is 11.7. The monoisotopic (exact) mass is 315 g/mol. The van der Waals surface area contributed by atoms with Crippen molar-refractivity contribution < 1.29 is 9.53 Å². The molecule has 0 bridgehead atoms. The number of aromatic nitrogens is 1. The zero-order valence-electron chi connectivity index (χ0n) is 10.9. The molecule has 1 atom stereocenters. The molecule has 0 radical (unpaired) electrons. The van der Waals surface area contributed by atoms with Gasteiger partial charge in [-0.2, -0.15) is 0 Å². The minimum Gasteiger partial charge on any atom is -0.381 e. The van der Waals surface area contributed by atoms with Crippen molar-refractivity contribution in [1.82, 2.24) is 9.88 Å². The van der Waals surface area contributed by atoms with E-state index in [1.54, 1.807) is 11.0 Å². The number of amides is 2. The van der Waals surface area contributed by atoms with Crippen LogP contribution in [0.2, 0.25) is 10.0 Å². The van der Waals surface area contributed by atoms with E-state index in [1.807, 2.05) is 0 Å². The van der Waals surface area contributed by atoms with Gasteiger partial charge in [0, 0.05) is 37.4 Å². The van der Waals surface area contributed by atoms with Gasteiger partial charge in [-0.25, -0.2) is 9.78 Å². The molecule has 0 unspecified atom stereocenters. The maximum absolute atomic E-state index is 12.2. The summed E-state index contributed by atoms with van der Waals surface area (Å²) in [5, 5.41) is 3.49. The lowest BCUT2D eigenvalue weighted by molar-refractivity contribution is 0.154. The number of hydrogen-bond acceptors (Lipinski definition) is 3. The van der Waals surface area contributed by atoms with Crippen LogP contribution in [0.3, 0.4) is 0 Å². The van der Waals surface area contributed by atoms with Crippen LogP contribution in [-0.2, 0) is 4.74 Å². The molecule has 1 spiro atoms. The normalized spacial score (nSPS) is 25.4. The number of nitrogens with one attached hydrogen (secondary N) is 1. The zero-order valence-corrected chi connectivity index (χ0v) is 12.4. The third-order valence-corrected chi connectivity index (χ3v) is 4.66. The Morgan fingerprint density at radius 3 is 2.95 bits per heavy atom. The summed E-state index contributed by atoms with van der Waals surface area (Å²) < 4.78 is 5.45. The molecule has 1 aromatic heterocycles. The average molecular weight is 316 g/mol. The van der Waals surface area contributed by atoms with E-state index in [9.17, 15) is 4.79 Å². The van der Waals surface area contributed by atoms with Crippen molar-refractivity contribution in [3.05, 3.63) is 22.3 Å². The van der Waals surface area contributed by atoms with Gasteiger partial charge in [0.05, 0.1) is 16.7 Å². The topological polar surface area (TPSA) is 54.5 Å². The fourth-order valence-corrected chi connectivity index (χ4v) is 3.01. The Morgan fingerprint density at radius 1 is 1.40 bits per heavy atom. The van der Waals surface area contributed by atoms with E-state index in [2.05, 4.69) is 10.3 Å². The number of hydrogen-bond donors (Lipinski definition) is 1. The van der Waals surface area contributed by atoms with Gasteiger partial charge in [0.25, 0.3) is 0 Å². The summed E-state index contributed by atoms with van der Waals surface area (Å²) in [5.74, 6) is 0.410. The Balaban J connectivity index is 1.63. The van der Waals surface area contributed by atoms with Crippen LogP contribution in [0.25, 0.3) is 0 Å². The molecular weight excluding hydrogens is 301 g/mol. The number of pyridine rings is 1. The van der Waals surface area contributed by atoms with Crippen molar-refractivity contribution >= 4 is 35.1 Å². The van der Waals surface area contributed by atoms with Crippen LogP contribution in [0.15, 0.2) is 12.3 Å². The molecular formula is C13H15Cl2N3O2. The van der Waals surface area contributed by atoms with E-state index in [-0.39, 0.29) is 11.4 Å². The van der Waals surface area contributed by atoms with Crippen molar-refractivity contribution in [1.29, 1.82) is 0 Å². The Morgan fingerprint density at radius 2 is 2.25 bits per heavy atom. The van der Waals surface area contributed by atoms with Crippen LogP contribution in [0.5, 0.6) is 0 Å². The molecule has 2 aliphatic rings. The van der Waals surface area contributed by atoms with Crippen molar-refractivity contribution in [3.63, 3.8) is 0 Å². The van der Waals surface area contributed by atoms with Crippen molar-refractivity contribution in [2.75, 3.05) is 31.6 Å². The highest BCUT2D eigenvalue weighted by molar-refractivity contribution is 6.42. The standard InChI is InChI=1S/C13H15Cl2N3O2/c14-9-5-11(16-6-10(9)15)17-12(19)18-3-1-13(7-18)2-4-20-8-13/h5-6H,1-4,7-8H2,(H,16,17,19)/t13-/m0/s1. The van der Waals surface area contributed by atoms with Crippen molar-refractivity contribution in [3.8, 4) is 0 Å². The molecule has 0 aliphatic carbocycles. The predicted molar refractivity (Wildman–Crippen MR) is 77.3 cm³/mol. The number of rotatable bonds is 1. The molecule has 1 N–H and O–H groups in total. The largest absolute Gasteiger partial charge is 0.381 e. The SMILES string of the molecule is O=C(Nc1cc(Cl)c(Cl)cn1)N1CC[C@]2(CCOC2)C1. The summed E-state index contributed by atoms with van der Waals surface area (Å²) in [6.45, 7) is 3.03. The first-order valence-electron chi connectivity index (χ1n) is 6.53. The van der Waals surface area contributed by atoms with Gasteiger partial charge in [0.15, 0.2) is 0 Å². The lowest BCUT2D eigenvalue weighted by Gasteiger charge is -2.22. The van der Waals surface area contributed by atoms with Gasteiger partial charge in [-0.05, 0) is 12.8 Å². The molecule has 2 saturated heterocycles. The van der Waals surface area contributed by atoms with Gasteiger partial charge in [-0.15, -0.1) is 0 Å². The van der Waals surface area contributed by atoms with E-state index >= 15 is 0 Å². The third-order valence-electron chi connectivity index (χ3n) is 3.95. The van der Waals surface area contributed by atoms with E-state index in [0.717, 1.165) is 39.1 Å². The smallest absolute Gasteiger partial charge is 0.323 e. The van der Waals surface area contributed by atoms with Gasteiger partial charge in [0.1, 0.15) is 5.82 Å². The van der Waals surface area contributed by atoms with Crippen LogP contribution in [0, 0.1) is 5.41 Å². The average Bonchev–Trinajstić information content (AvgIpc) is 3.05. The summed E-state index contributed by atoms with van der Waals surface area (Å²) in [7, 11) is 0. The number of carbonyl (C=O) groups is 1. The molecule has 1 aromatic rings. The van der Waals surface area contributed by atoms with Gasteiger partial charge in [-0.3, -0.25) is 5.32 Å². The molecule has 5 nitrogen and oxygen atoms in total. The second kappa shape index (κ2) is 5.39. The Kier molecular flexibility index (Phi) is 3.75. The summed E-state index contributed by atoms with van der Waals surface area (Å²) in [6.07, 6.45) is 3.45. The maximum atomic E-state index is 12.2. The molecule has 7 heteroatoms. The Labute approximate surface area is 127 Å². The van der Waals surface area contributed by atoms with Crippen LogP contribution < -0.4 is 5.32 Å². The fourth-order valence-electron chi connectivity index (χ4n) is 2.75. The number of ether oxygens (including phenoxy) is 1. The highest BCUT2D eigenvalue weighted by atomic mass is 35.5. The van der Waals surface area contributed by atoms with Gasteiger partial charge < -0.3 is 9.64 Å². The zero-order chi connectivity index (χ0) is 14.2. The second-order valence-electron chi connectivity index (χ2n) is 5.39. The van der Waals surface area contributed by atoms with E-state index < -0.39 is 0 Å². The number of urea groups is 1. The number of anilines is 1. The quantitative estimate of drug-likeness (QED) is 0.866. The van der Waals surface area contributed by atoms with E-state index in [1.165, 1.54) is 6.20 Å². The van der Waals surface area contributed by atoms with Crippen LogP contribution in [0.4, 0.5) is 10.6 Å². The van der Waals surface area contributed by atoms with Gasteiger partial charge in [-0.1, -0.05) is 23.2 Å². The van der Waals surface area contributed by atoms with Crippen LogP contribution in [0.1, 0.15) is 12.8 Å². The minimum absolute atomic E-state index is 0.153. The summed E-state index contributed by atoms with van der Waals surface area (Å²) in [5.41, 5.74) is 0.155. The molecule has 2 amide bonds. The molecule has 2 aliphatic heterocycles. The molecule has 3 rings (SSSR count). The lowest BCUT2D eigenvalue weighted by atomic mass is 9.87. The second-order valence-corrected chi connectivity index (χ2v) is 6.20. The van der Waals surface area contributed by atoms with Crippen molar-refractivity contribution in [2.24, 2.45) is 5.41 Å². The summed E-state index contributed by atoms with van der Waals surface area (Å²) in [4.78, 5) is 18.1. The first-order chi connectivity index (χ1) is 9.58. The minimum atomic E-state index is -0.153. The molecule has 3 heterocycles. The summed E-state index contributed by atoms with van der Waals surface area (Å²) in [6, 6.07) is 1.39. The highest BCUT2D eigenvalue weighted by Gasteiger charge is 2.42. The number of nitrogens with zero attached hydrogens (tertiary/aromatic N) is 2. The maximum Gasteiger partial charge on any atom is 0.323 e. The lowest BCUT2D eigenvalue weighted by Crippen LogP contribution is -2.35. The molecule has 0 saturated carbocycles.